The van der Waals surface area contributed by atoms with Crippen LogP contribution in [-0.4, -0.2) is 39.8 Å². The van der Waals surface area contributed by atoms with Gasteiger partial charge >= 0.3 is 0 Å². The first-order valence-electron chi connectivity index (χ1n) is 10.3. The zero-order valence-corrected chi connectivity index (χ0v) is 17.4. The highest BCUT2D eigenvalue weighted by Crippen LogP contribution is 2.36. The Hall–Kier alpha value is -3.15. The fourth-order valence-corrected chi connectivity index (χ4v) is 4.48. The summed E-state index contributed by atoms with van der Waals surface area (Å²) in [6.45, 7) is 5.45. The second-order valence-corrected chi connectivity index (χ2v) is 8.34. The molecule has 0 radical (unpaired) electrons. The van der Waals surface area contributed by atoms with Crippen molar-refractivity contribution in [2.24, 2.45) is 7.05 Å². The predicted octanol–water partition coefficient (Wildman–Crippen LogP) is 4.04. The quantitative estimate of drug-likeness (QED) is 0.661. The van der Waals surface area contributed by atoms with Gasteiger partial charge in [0.05, 0.1) is 18.3 Å². The number of nitrogens with zero attached hydrogens (tertiary/aromatic N) is 3. The Morgan fingerprint density at radius 3 is 2.77 bits per heavy atom. The molecule has 30 heavy (non-hydrogen) atoms. The van der Waals surface area contributed by atoms with Crippen molar-refractivity contribution < 1.29 is 13.9 Å². The molecule has 1 saturated heterocycles. The van der Waals surface area contributed by atoms with Gasteiger partial charge in [0.2, 0.25) is 0 Å². The van der Waals surface area contributed by atoms with Crippen molar-refractivity contribution >= 4 is 5.91 Å². The number of hydrogen-bond acceptors (Lipinski definition) is 3. The molecule has 154 valence electrons. The van der Waals surface area contributed by atoms with Gasteiger partial charge in [0.1, 0.15) is 17.7 Å². The highest BCUT2D eigenvalue weighted by atomic mass is 19.1. The van der Waals surface area contributed by atoms with Crippen LogP contribution in [0.2, 0.25) is 0 Å². The lowest BCUT2D eigenvalue weighted by molar-refractivity contribution is 0.0792. The number of aryl methyl sites for hydroxylation is 1. The first kappa shape index (κ1) is 18.9. The summed E-state index contributed by atoms with van der Waals surface area (Å²) in [6, 6.07) is 7.25. The average molecular weight is 405 g/mol. The SMILES string of the molecule is Cc1c(Cc2ccc(-c3cnn(C)c3)c(F)c2)cc2c(c1C)O[C@H]1CCN(C1)C2=O. The van der Waals surface area contributed by atoms with Crippen molar-refractivity contribution in [2.45, 2.75) is 32.8 Å². The van der Waals surface area contributed by atoms with Crippen LogP contribution < -0.4 is 4.74 Å². The highest BCUT2D eigenvalue weighted by molar-refractivity contribution is 5.98. The van der Waals surface area contributed by atoms with Gasteiger partial charge in [-0.25, -0.2) is 4.39 Å². The normalized spacial score (nSPS) is 17.7. The van der Waals surface area contributed by atoms with Crippen molar-refractivity contribution in [3.8, 4) is 16.9 Å². The second kappa shape index (κ2) is 6.97. The number of fused-ring (bicyclic) bond motifs is 3. The molecule has 2 bridgehead atoms. The number of halogens is 1. The Morgan fingerprint density at radius 2 is 2.03 bits per heavy atom. The van der Waals surface area contributed by atoms with Crippen LogP contribution in [-0.2, 0) is 13.5 Å². The topological polar surface area (TPSA) is 47.4 Å². The number of carbonyl (C=O) groups excluding carboxylic acids is 1. The molecule has 0 saturated carbocycles. The number of ether oxygens (including phenoxy) is 1. The lowest BCUT2D eigenvalue weighted by atomic mass is 9.92. The van der Waals surface area contributed by atoms with Gasteiger partial charge in [0.25, 0.3) is 5.91 Å². The van der Waals surface area contributed by atoms with E-state index in [4.69, 9.17) is 4.74 Å². The van der Waals surface area contributed by atoms with Crippen LogP contribution in [0.3, 0.4) is 0 Å². The molecule has 3 aromatic rings. The molecule has 1 aromatic heterocycles. The summed E-state index contributed by atoms with van der Waals surface area (Å²) in [5, 5.41) is 4.12. The van der Waals surface area contributed by atoms with Gasteiger partial charge in [-0.15, -0.1) is 0 Å². The molecule has 0 spiro atoms. The van der Waals surface area contributed by atoms with Crippen LogP contribution in [0.25, 0.3) is 11.1 Å². The van der Waals surface area contributed by atoms with E-state index in [1.165, 1.54) is 0 Å². The summed E-state index contributed by atoms with van der Waals surface area (Å²) in [7, 11) is 1.81. The van der Waals surface area contributed by atoms with Crippen LogP contribution in [0.5, 0.6) is 5.75 Å². The van der Waals surface area contributed by atoms with Crippen LogP contribution >= 0.6 is 0 Å². The zero-order chi connectivity index (χ0) is 21.0. The molecule has 2 aliphatic heterocycles. The maximum absolute atomic E-state index is 14.8. The third-order valence-corrected chi connectivity index (χ3v) is 6.34. The summed E-state index contributed by atoms with van der Waals surface area (Å²) >= 11 is 0. The maximum Gasteiger partial charge on any atom is 0.257 e. The van der Waals surface area contributed by atoms with Crippen molar-refractivity contribution in [3.05, 3.63) is 70.3 Å². The maximum atomic E-state index is 14.8. The molecule has 0 N–H and O–H groups in total. The van der Waals surface area contributed by atoms with Gasteiger partial charge in [-0.1, -0.05) is 12.1 Å². The fraction of sp³-hybridized carbons (Fsp3) is 0.333. The van der Waals surface area contributed by atoms with Crippen LogP contribution in [0.4, 0.5) is 4.39 Å². The summed E-state index contributed by atoms with van der Waals surface area (Å²) in [4.78, 5) is 14.9. The standard InChI is InChI=1S/C24H24FN3O2/c1-14-15(2)23-21(24(29)28-7-6-19(13-28)30-23)10-17(14)8-16-4-5-20(22(25)9-16)18-11-26-27(3)12-18/h4-5,9-12,19H,6-8,13H2,1-3H3/t19-/m0/s1. The monoisotopic (exact) mass is 405 g/mol. The highest BCUT2D eigenvalue weighted by Gasteiger charge is 2.35. The Morgan fingerprint density at radius 1 is 1.20 bits per heavy atom. The van der Waals surface area contributed by atoms with Gasteiger partial charge in [-0.3, -0.25) is 9.48 Å². The number of aromatic nitrogens is 2. The number of amides is 1. The average Bonchev–Trinajstić information content (AvgIpc) is 3.33. The minimum atomic E-state index is -0.271. The lowest BCUT2D eigenvalue weighted by Crippen LogP contribution is -2.28. The van der Waals surface area contributed by atoms with E-state index >= 15 is 0 Å². The Bertz CT molecular complexity index is 1170. The molecule has 1 atom stereocenters. The molecule has 0 aliphatic carbocycles. The molecular weight excluding hydrogens is 381 g/mol. The number of rotatable bonds is 3. The smallest absolute Gasteiger partial charge is 0.257 e. The Kier molecular flexibility index (Phi) is 4.38. The third-order valence-electron chi connectivity index (χ3n) is 6.34. The van der Waals surface area contributed by atoms with Crippen LogP contribution in [0.15, 0.2) is 36.7 Å². The minimum absolute atomic E-state index is 0.0347. The van der Waals surface area contributed by atoms with E-state index in [-0.39, 0.29) is 17.8 Å². The summed E-state index contributed by atoms with van der Waals surface area (Å²) < 4.78 is 22.7. The van der Waals surface area contributed by atoms with Crippen LogP contribution in [0.1, 0.15) is 39.0 Å². The van der Waals surface area contributed by atoms with E-state index in [1.807, 2.05) is 37.9 Å². The molecule has 1 amide bonds. The van der Waals surface area contributed by atoms with Crippen LogP contribution in [0, 0.1) is 19.7 Å². The first-order chi connectivity index (χ1) is 14.4. The minimum Gasteiger partial charge on any atom is -0.487 e. The Labute approximate surface area is 175 Å². The molecule has 0 unspecified atom stereocenters. The van der Waals surface area contributed by atoms with Gasteiger partial charge in [-0.2, -0.15) is 5.10 Å². The Balaban J connectivity index is 1.50. The second-order valence-electron chi connectivity index (χ2n) is 8.34. The molecule has 6 heteroatoms. The predicted molar refractivity (Wildman–Crippen MR) is 112 cm³/mol. The largest absolute Gasteiger partial charge is 0.487 e. The van der Waals surface area contributed by atoms with Gasteiger partial charge in [-0.05, 0) is 54.7 Å². The molecule has 2 aliphatic rings. The third kappa shape index (κ3) is 3.07. The molecule has 2 aromatic carbocycles. The van der Waals surface area contributed by atoms with Gasteiger partial charge in [0, 0.05) is 37.3 Å². The van der Waals surface area contributed by atoms with Crippen molar-refractivity contribution in [3.63, 3.8) is 0 Å². The summed E-state index contributed by atoms with van der Waals surface area (Å²) in [5.41, 5.74) is 5.90. The summed E-state index contributed by atoms with van der Waals surface area (Å²) in [6.07, 6.45) is 4.97. The van der Waals surface area contributed by atoms with E-state index in [1.54, 1.807) is 29.2 Å². The van der Waals surface area contributed by atoms with Crippen molar-refractivity contribution in [1.29, 1.82) is 0 Å². The lowest BCUT2D eigenvalue weighted by Gasteiger charge is -2.21. The number of benzene rings is 2. The number of hydrogen-bond donors (Lipinski definition) is 0. The molecule has 3 heterocycles. The van der Waals surface area contributed by atoms with E-state index in [2.05, 4.69) is 5.10 Å². The van der Waals surface area contributed by atoms with Crippen molar-refractivity contribution in [2.75, 3.05) is 13.1 Å². The van der Waals surface area contributed by atoms with E-state index in [0.717, 1.165) is 40.8 Å². The molecule has 5 rings (SSSR count). The van der Waals surface area contributed by atoms with Gasteiger partial charge < -0.3 is 9.64 Å². The molecule has 5 nitrogen and oxygen atoms in total. The zero-order valence-electron chi connectivity index (χ0n) is 17.4. The molecule has 1 fully saturated rings. The molecular formula is C24H24FN3O2. The number of carbonyl (C=O) groups is 1. The van der Waals surface area contributed by atoms with E-state index < -0.39 is 0 Å². The first-order valence-corrected chi connectivity index (χ1v) is 10.3. The van der Waals surface area contributed by atoms with E-state index in [9.17, 15) is 9.18 Å². The fourth-order valence-electron chi connectivity index (χ4n) is 4.48. The van der Waals surface area contributed by atoms with E-state index in [0.29, 0.717) is 29.8 Å². The van der Waals surface area contributed by atoms with Crippen molar-refractivity contribution in [1.82, 2.24) is 14.7 Å². The van der Waals surface area contributed by atoms with Gasteiger partial charge in [0.15, 0.2) is 0 Å². The summed E-state index contributed by atoms with van der Waals surface area (Å²) in [5.74, 6) is 0.478.